The van der Waals surface area contributed by atoms with Crippen LogP contribution in [-0.4, -0.2) is 16.2 Å². The van der Waals surface area contributed by atoms with Gasteiger partial charge in [0.1, 0.15) is 0 Å². The molecule has 0 fully saturated rings. The predicted octanol–water partition coefficient (Wildman–Crippen LogP) is 4.72. The molecule has 114 valence electrons. The van der Waals surface area contributed by atoms with Crippen molar-refractivity contribution < 1.29 is 0 Å². The predicted molar refractivity (Wildman–Crippen MR) is 96.3 cm³/mol. The minimum absolute atomic E-state index is 0.0742. The van der Waals surface area contributed by atoms with Crippen molar-refractivity contribution in [1.29, 1.82) is 0 Å². The molecule has 2 aromatic carbocycles. The van der Waals surface area contributed by atoms with Crippen LogP contribution in [0.15, 0.2) is 59.7 Å². The quantitative estimate of drug-likeness (QED) is 0.638. The standard InChI is InChI=1S/C21H20N2/c1-14-17(11-10-15-8-6-12-22-19(14)15)20-18-9-5-4-7-16(18)13-21(2,3)23-20/h4-12H,13H2,1-3H3. The van der Waals surface area contributed by atoms with Crippen molar-refractivity contribution in [3.05, 3.63) is 77.0 Å². The number of aryl methyl sites for hydroxylation is 1. The molecule has 0 saturated heterocycles. The Labute approximate surface area is 136 Å². The van der Waals surface area contributed by atoms with Crippen molar-refractivity contribution >= 4 is 16.6 Å². The number of pyridine rings is 1. The van der Waals surface area contributed by atoms with Gasteiger partial charge in [0.15, 0.2) is 0 Å². The lowest BCUT2D eigenvalue weighted by Gasteiger charge is -2.29. The number of aliphatic imine (C=N–C) groups is 1. The SMILES string of the molecule is Cc1c(C2=NC(C)(C)Cc3ccccc32)ccc2cccnc12. The van der Waals surface area contributed by atoms with E-state index in [1.54, 1.807) is 0 Å². The number of fused-ring (bicyclic) bond motifs is 2. The maximum absolute atomic E-state index is 5.08. The Hall–Kier alpha value is -2.48. The Morgan fingerprint density at radius 3 is 2.61 bits per heavy atom. The van der Waals surface area contributed by atoms with Gasteiger partial charge in [0, 0.05) is 22.7 Å². The van der Waals surface area contributed by atoms with E-state index in [0.717, 1.165) is 17.6 Å². The van der Waals surface area contributed by atoms with Gasteiger partial charge in [0.25, 0.3) is 0 Å². The van der Waals surface area contributed by atoms with Crippen LogP contribution >= 0.6 is 0 Å². The Bertz CT molecular complexity index is 935. The summed E-state index contributed by atoms with van der Waals surface area (Å²) in [4.78, 5) is 9.66. The number of hydrogen-bond donors (Lipinski definition) is 0. The van der Waals surface area contributed by atoms with E-state index >= 15 is 0 Å². The van der Waals surface area contributed by atoms with Crippen LogP contribution in [0.4, 0.5) is 0 Å². The molecule has 0 amide bonds. The first-order valence-corrected chi connectivity index (χ1v) is 8.08. The summed E-state index contributed by atoms with van der Waals surface area (Å²) >= 11 is 0. The summed E-state index contributed by atoms with van der Waals surface area (Å²) < 4.78 is 0. The highest BCUT2D eigenvalue weighted by Gasteiger charge is 2.27. The number of aromatic nitrogens is 1. The molecule has 2 heterocycles. The molecule has 23 heavy (non-hydrogen) atoms. The molecule has 4 rings (SSSR count). The second-order valence-corrected chi connectivity index (χ2v) is 6.92. The summed E-state index contributed by atoms with van der Waals surface area (Å²) in [5.74, 6) is 0. The summed E-state index contributed by atoms with van der Waals surface area (Å²) in [6, 6.07) is 17.1. The summed E-state index contributed by atoms with van der Waals surface area (Å²) in [5, 5.41) is 1.18. The summed E-state index contributed by atoms with van der Waals surface area (Å²) in [6.07, 6.45) is 2.84. The lowest BCUT2D eigenvalue weighted by molar-refractivity contribution is 0.513. The van der Waals surface area contributed by atoms with Gasteiger partial charge >= 0.3 is 0 Å². The highest BCUT2D eigenvalue weighted by atomic mass is 14.9. The van der Waals surface area contributed by atoms with E-state index in [2.05, 4.69) is 68.2 Å². The molecule has 2 nitrogen and oxygen atoms in total. The highest BCUT2D eigenvalue weighted by Crippen LogP contribution is 2.31. The largest absolute Gasteiger partial charge is 0.278 e. The molecule has 2 heteroatoms. The first-order chi connectivity index (χ1) is 11.1. The van der Waals surface area contributed by atoms with Crippen LogP contribution < -0.4 is 0 Å². The van der Waals surface area contributed by atoms with Gasteiger partial charge in [-0.25, -0.2) is 0 Å². The van der Waals surface area contributed by atoms with E-state index in [9.17, 15) is 0 Å². The normalized spacial score (nSPS) is 16.0. The maximum Gasteiger partial charge on any atom is 0.0737 e. The molecule has 0 aliphatic carbocycles. The minimum atomic E-state index is -0.0742. The zero-order valence-electron chi connectivity index (χ0n) is 13.8. The van der Waals surface area contributed by atoms with Crippen LogP contribution in [0.3, 0.4) is 0 Å². The number of nitrogens with zero attached hydrogens (tertiary/aromatic N) is 2. The van der Waals surface area contributed by atoms with Crippen molar-refractivity contribution in [3.63, 3.8) is 0 Å². The lowest BCUT2D eigenvalue weighted by atomic mass is 9.84. The number of rotatable bonds is 1. The Kier molecular flexibility index (Phi) is 3.08. The molecule has 0 saturated carbocycles. The summed E-state index contributed by atoms with van der Waals surface area (Å²) in [7, 11) is 0. The molecular weight excluding hydrogens is 280 g/mol. The molecule has 1 aliphatic heterocycles. The molecule has 0 bridgehead atoms. The van der Waals surface area contributed by atoms with Gasteiger partial charge in [-0.3, -0.25) is 9.98 Å². The zero-order chi connectivity index (χ0) is 16.0. The first-order valence-electron chi connectivity index (χ1n) is 8.08. The topological polar surface area (TPSA) is 25.2 Å². The lowest BCUT2D eigenvalue weighted by Crippen LogP contribution is -2.29. The van der Waals surface area contributed by atoms with E-state index in [1.807, 2.05) is 12.3 Å². The van der Waals surface area contributed by atoms with Gasteiger partial charge in [0.2, 0.25) is 0 Å². The van der Waals surface area contributed by atoms with Crippen LogP contribution in [-0.2, 0) is 6.42 Å². The Balaban J connectivity index is 1.99. The fraction of sp³-hybridized carbons (Fsp3) is 0.238. The van der Waals surface area contributed by atoms with Gasteiger partial charge in [0.05, 0.1) is 16.8 Å². The molecule has 3 aromatic rings. The van der Waals surface area contributed by atoms with Crippen LogP contribution in [0.1, 0.15) is 36.1 Å². The second kappa shape index (κ2) is 5.02. The average molecular weight is 300 g/mol. The molecule has 1 aromatic heterocycles. The monoisotopic (exact) mass is 300 g/mol. The van der Waals surface area contributed by atoms with Crippen molar-refractivity contribution in [2.24, 2.45) is 4.99 Å². The van der Waals surface area contributed by atoms with Crippen LogP contribution in [0, 0.1) is 6.92 Å². The van der Waals surface area contributed by atoms with E-state index in [1.165, 1.54) is 27.6 Å². The molecule has 0 atom stereocenters. The van der Waals surface area contributed by atoms with Gasteiger partial charge in [-0.1, -0.05) is 42.5 Å². The molecule has 0 spiro atoms. The van der Waals surface area contributed by atoms with E-state index in [4.69, 9.17) is 4.99 Å². The van der Waals surface area contributed by atoms with Crippen molar-refractivity contribution in [3.8, 4) is 0 Å². The molecule has 0 N–H and O–H groups in total. The van der Waals surface area contributed by atoms with Gasteiger partial charge in [-0.05, 0) is 44.4 Å². The first kappa shape index (κ1) is 14.1. The van der Waals surface area contributed by atoms with Crippen molar-refractivity contribution in [2.75, 3.05) is 0 Å². The smallest absolute Gasteiger partial charge is 0.0737 e. The fourth-order valence-corrected chi connectivity index (χ4v) is 3.53. The average Bonchev–Trinajstić information content (AvgIpc) is 2.54. The molecule has 0 radical (unpaired) electrons. The highest BCUT2D eigenvalue weighted by molar-refractivity contribution is 6.16. The van der Waals surface area contributed by atoms with Crippen LogP contribution in [0.2, 0.25) is 0 Å². The van der Waals surface area contributed by atoms with Crippen molar-refractivity contribution in [1.82, 2.24) is 4.98 Å². The Morgan fingerprint density at radius 2 is 1.74 bits per heavy atom. The third-order valence-corrected chi connectivity index (χ3v) is 4.59. The second-order valence-electron chi connectivity index (χ2n) is 6.92. The zero-order valence-corrected chi connectivity index (χ0v) is 13.8. The third kappa shape index (κ3) is 2.35. The summed E-state index contributed by atoms with van der Waals surface area (Å²) in [5.41, 5.74) is 7.12. The molecule has 1 aliphatic rings. The van der Waals surface area contributed by atoms with Crippen molar-refractivity contribution in [2.45, 2.75) is 32.7 Å². The van der Waals surface area contributed by atoms with Gasteiger partial charge < -0.3 is 0 Å². The van der Waals surface area contributed by atoms with Gasteiger partial charge in [-0.15, -0.1) is 0 Å². The number of benzene rings is 2. The molecule has 0 unspecified atom stereocenters. The minimum Gasteiger partial charge on any atom is -0.278 e. The molecular formula is C21H20N2. The number of hydrogen-bond acceptors (Lipinski definition) is 2. The third-order valence-electron chi connectivity index (χ3n) is 4.59. The van der Waals surface area contributed by atoms with E-state index < -0.39 is 0 Å². The van der Waals surface area contributed by atoms with Crippen LogP contribution in [0.25, 0.3) is 10.9 Å². The van der Waals surface area contributed by atoms with E-state index in [-0.39, 0.29) is 5.54 Å². The van der Waals surface area contributed by atoms with Gasteiger partial charge in [-0.2, -0.15) is 0 Å². The Morgan fingerprint density at radius 1 is 0.913 bits per heavy atom. The fourth-order valence-electron chi connectivity index (χ4n) is 3.53. The van der Waals surface area contributed by atoms with E-state index in [0.29, 0.717) is 0 Å². The maximum atomic E-state index is 5.08. The van der Waals surface area contributed by atoms with Crippen LogP contribution in [0.5, 0.6) is 0 Å². The summed E-state index contributed by atoms with van der Waals surface area (Å²) in [6.45, 7) is 6.56.